The standard InChI is InChI=1S/C20H33N3O2S/c1-3-21-19(22-13-7-8-14-25-16-15-24-2)23-17-20(11-12-20)26-18-9-5-4-6-10-18/h4-6,9-10H,3,7-8,11-17H2,1-2H3,(H2,21,22,23). The SMILES string of the molecule is CCNC(=NCC1(Sc2ccccc2)CC1)NCCCCOCCOC. The Morgan fingerprint density at radius 3 is 2.62 bits per heavy atom. The molecule has 0 unspecified atom stereocenters. The van der Waals surface area contributed by atoms with Crippen LogP contribution in [0.15, 0.2) is 40.2 Å². The molecule has 1 aliphatic carbocycles. The van der Waals surface area contributed by atoms with Crippen molar-refractivity contribution in [3.05, 3.63) is 30.3 Å². The van der Waals surface area contributed by atoms with E-state index in [9.17, 15) is 0 Å². The predicted octanol–water partition coefficient (Wildman–Crippen LogP) is 3.31. The molecule has 1 aromatic rings. The smallest absolute Gasteiger partial charge is 0.191 e. The molecule has 1 fully saturated rings. The molecule has 0 saturated heterocycles. The van der Waals surface area contributed by atoms with Crippen LogP contribution in [0.2, 0.25) is 0 Å². The van der Waals surface area contributed by atoms with Gasteiger partial charge >= 0.3 is 0 Å². The third kappa shape index (κ3) is 8.43. The second-order valence-corrected chi connectivity index (χ2v) is 8.07. The van der Waals surface area contributed by atoms with Crippen LogP contribution in [0.1, 0.15) is 32.6 Å². The van der Waals surface area contributed by atoms with Crippen LogP contribution in [0.5, 0.6) is 0 Å². The summed E-state index contributed by atoms with van der Waals surface area (Å²) in [4.78, 5) is 6.17. The Balaban J connectivity index is 1.67. The first-order chi connectivity index (χ1) is 12.8. The molecule has 0 heterocycles. The van der Waals surface area contributed by atoms with E-state index in [0.29, 0.717) is 18.0 Å². The zero-order chi connectivity index (χ0) is 18.5. The minimum absolute atomic E-state index is 0.291. The Morgan fingerprint density at radius 2 is 1.92 bits per heavy atom. The summed E-state index contributed by atoms with van der Waals surface area (Å²) in [5.41, 5.74) is 0. The predicted molar refractivity (Wildman–Crippen MR) is 110 cm³/mol. The maximum Gasteiger partial charge on any atom is 0.191 e. The van der Waals surface area contributed by atoms with E-state index in [1.54, 1.807) is 7.11 Å². The number of aliphatic imine (C=N–C) groups is 1. The number of rotatable bonds is 13. The zero-order valence-electron chi connectivity index (χ0n) is 16.1. The van der Waals surface area contributed by atoms with E-state index in [1.807, 2.05) is 11.8 Å². The zero-order valence-corrected chi connectivity index (χ0v) is 16.9. The lowest BCUT2D eigenvalue weighted by Crippen LogP contribution is -2.38. The summed E-state index contributed by atoms with van der Waals surface area (Å²) in [6, 6.07) is 10.6. The van der Waals surface area contributed by atoms with Gasteiger partial charge in [0.2, 0.25) is 0 Å². The number of benzene rings is 1. The number of guanidine groups is 1. The minimum atomic E-state index is 0.291. The summed E-state index contributed by atoms with van der Waals surface area (Å²) in [6.45, 7) is 6.89. The molecule has 1 aromatic carbocycles. The van der Waals surface area contributed by atoms with Crippen LogP contribution in [0.4, 0.5) is 0 Å². The summed E-state index contributed by atoms with van der Waals surface area (Å²) in [5.74, 6) is 0.924. The fraction of sp³-hybridized carbons (Fsp3) is 0.650. The second kappa shape index (κ2) is 12.2. The summed E-state index contributed by atoms with van der Waals surface area (Å²) in [5, 5.41) is 6.78. The average molecular weight is 380 g/mol. The third-order valence-corrected chi connectivity index (χ3v) is 5.67. The Bertz CT molecular complexity index is 521. The first-order valence-corrected chi connectivity index (χ1v) is 10.4. The quantitative estimate of drug-likeness (QED) is 0.313. The number of unbranched alkanes of at least 4 members (excludes halogenated alkanes) is 1. The Labute approximate surface area is 162 Å². The Morgan fingerprint density at radius 1 is 1.12 bits per heavy atom. The second-order valence-electron chi connectivity index (χ2n) is 6.53. The van der Waals surface area contributed by atoms with E-state index < -0.39 is 0 Å². The number of hydrogen-bond donors (Lipinski definition) is 2. The molecule has 0 radical (unpaired) electrons. The van der Waals surface area contributed by atoms with Crippen molar-refractivity contribution in [1.29, 1.82) is 0 Å². The first-order valence-electron chi connectivity index (χ1n) is 9.61. The van der Waals surface area contributed by atoms with Gasteiger partial charge in [-0.25, -0.2) is 0 Å². The highest BCUT2D eigenvalue weighted by atomic mass is 32.2. The molecule has 0 spiro atoms. The lowest BCUT2D eigenvalue weighted by atomic mass is 10.3. The van der Waals surface area contributed by atoms with E-state index in [-0.39, 0.29) is 0 Å². The van der Waals surface area contributed by atoms with Crippen molar-refractivity contribution in [3.8, 4) is 0 Å². The van der Waals surface area contributed by atoms with Gasteiger partial charge in [-0.1, -0.05) is 18.2 Å². The molecule has 0 atom stereocenters. The summed E-state index contributed by atoms with van der Waals surface area (Å²) < 4.78 is 10.7. The first kappa shape index (κ1) is 21.1. The maximum atomic E-state index is 5.48. The molecule has 0 amide bonds. The molecule has 146 valence electrons. The third-order valence-electron chi connectivity index (χ3n) is 4.19. The van der Waals surface area contributed by atoms with Crippen LogP contribution in [0.3, 0.4) is 0 Å². The van der Waals surface area contributed by atoms with Gasteiger partial charge < -0.3 is 20.1 Å². The van der Waals surface area contributed by atoms with Crippen molar-refractivity contribution in [2.24, 2.45) is 4.99 Å². The van der Waals surface area contributed by atoms with Crippen LogP contribution in [-0.2, 0) is 9.47 Å². The largest absolute Gasteiger partial charge is 0.382 e. The van der Waals surface area contributed by atoms with Gasteiger partial charge in [-0.05, 0) is 44.7 Å². The van der Waals surface area contributed by atoms with Gasteiger partial charge in [-0.2, -0.15) is 0 Å². The molecule has 5 nitrogen and oxygen atoms in total. The van der Waals surface area contributed by atoms with Crippen LogP contribution < -0.4 is 10.6 Å². The van der Waals surface area contributed by atoms with Gasteiger partial charge in [-0.3, -0.25) is 4.99 Å². The van der Waals surface area contributed by atoms with Gasteiger partial charge in [0.15, 0.2) is 5.96 Å². The van der Waals surface area contributed by atoms with Crippen molar-refractivity contribution in [3.63, 3.8) is 0 Å². The minimum Gasteiger partial charge on any atom is -0.382 e. The topological polar surface area (TPSA) is 54.9 Å². The molecule has 26 heavy (non-hydrogen) atoms. The van der Waals surface area contributed by atoms with E-state index in [2.05, 4.69) is 47.9 Å². The van der Waals surface area contributed by atoms with E-state index >= 15 is 0 Å². The molecule has 2 rings (SSSR count). The van der Waals surface area contributed by atoms with Gasteiger partial charge in [0.1, 0.15) is 0 Å². The van der Waals surface area contributed by atoms with Crippen molar-refractivity contribution in [2.45, 2.75) is 42.2 Å². The van der Waals surface area contributed by atoms with Gasteiger partial charge in [0.25, 0.3) is 0 Å². The molecular weight excluding hydrogens is 346 g/mol. The fourth-order valence-corrected chi connectivity index (χ4v) is 3.74. The number of methoxy groups -OCH3 is 1. The molecule has 1 aliphatic rings. The van der Waals surface area contributed by atoms with E-state index in [1.165, 1.54) is 17.7 Å². The number of ether oxygens (including phenoxy) is 2. The van der Waals surface area contributed by atoms with Crippen LogP contribution in [0, 0.1) is 0 Å². The molecular formula is C20H33N3O2S. The van der Waals surface area contributed by atoms with Gasteiger partial charge in [0, 0.05) is 36.4 Å². The molecule has 0 aliphatic heterocycles. The number of nitrogens with one attached hydrogen (secondary N) is 2. The molecule has 0 bridgehead atoms. The van der Waals surface area contributed by atoms with Crippen molar-refractivity contribution in [1.82, 2.24) is 10.6 Å². The fourth-order valence-electron chi connectivity index (χ4n) is 2.52. The lowest BCUT2D eigenvalue weighted by molar-refractivity contribution is 0.0689. The van der Waals surface area contributed by atoms with E-state index in [0.717, 1.165) is 45.0 Å². The van der Waals surface area contributed by atoms with Gasteiger partial charge in [0.05, 0.1) is 19.8 Å². The monoisotopic (exact) mass is 379 g/mol. The van der Waals surface area contributed by atoms with E-state index in [4.69, 9.17) is 14.5 Å². The highest BCUT2D eigenvalue weighted by Gasteiger charge is 2.43. The number of nitrogens with zero attached hydrogens (tertiary/aromatic N) is 1. The molecule has 6 heteroatoms. The van der Waals surface area contributed by atoms with Crippen LogP contribution in [0.25, 0.3) is 0 Å². The summed E-state index contributed by atoms with van der Waals surface area (Å²) in [6.07, 6.45) is 4.60. The Kier molecular flexibility index (Phi) is 9.89. The maximum absolute atomic E-state index is 5.48. The Hall–Kier alpha value is -1.24. The van der Waals surface area contributed by atoms with Crippen molar-refractivity contribution >= 4 is 17.7 Å². The summed E-state index contributed by atoms with van der Waals surface area (Å²) in [7, 11) is 1.69. The van der Waals surface area contributed by atoms with Crippen LogP contribution in [-0.4, -0.2) is 57.3 Å². The lowest BCUT2D eigenvalue weighted by Gasteiger charge is -2.15. The number of hydrogen-bond acceptors (Lipinski definition) is 4. The van der Waals surface area contributed by atoms with Crippen molar-refractivity contribution < 1.29 is 9.47 Å². The molecule has 0 aromatic heterocycles. The normalized spacial score (nSPS) is 15.7. The van der Waals surface area contributed by atoms with Crippen molar-refractivity contribution in [2.75, 3.05) is 46.6 Å². The highest BCUT2D eigenvalue weighted by Crippen LogP contribution is 2.51. The average Bonchev–Trinajstić information content (AvgIpc) is 3.42. The molecule has 2 N–H and O–H groups in total. The molecule has 1 saturated carbocycles. The number of thioether (sulfide) groups is 1. The van der Waals surface area contributed by atoms with Crippen LogP contribution >= 0.6 is 11.8 Å². The van der Waals surface area contributed by atoms with Gasteiger partial charge in [-0.15, -0.1) is 11.8 Å². The summed E-state index contributed by atoms with van der Waals surface area (Å²) >= 11 is 1.97. The highest BCUT2D eigenvalue weighted by molar-refractivity contribution is 8.01.